The molecule has 0 heterocycles. The van der Waals surface area contributed by atoms with Gasteiger partial charge in [-0.15, -0.1) is 0 Å². The molecule has 22 heavy (non-hydrogen) atoms. The van der Waals surface area contributed by atoms with Gasteiger partial charge in [0.05, 0.1) is 4.92 Å². The third-order valence-electron chi connectivity index (χ3n) is 3.48. The highest BCUT2D eigenvalue weighted by atomic mass is 16.6. The van der Waals surface area contributed by atoms with Gasteiger partial charge in [0, 0.05) is 23.3 Å². The minimum Gasteiger partial charge on any atom is -0.508 e. The molecule has 0 saturated heterocycles. The van der Waals surface area contributed by atoms with E-state index in [-0.39, 0.29) is 17.2 Å². The summed E-state index contributed by atoms with van der Waals surface area (Å²) in [6, 6.07) is 10.3. The fourth-order valence-electron chi connectivity index (χ4n) is 2.24. The predicted molar refractivity (Wildman–Crippen MR) is 83.2 cm³/mol. The molecule has 2 aromatic carbocycles. The molecule has 0 bridgehead atoms. The van der Waals surface area contributed by atoms with Crippen LogP contribution >= 0.6 is 0 Å². The van der Waals surface area contributed by atoms with E-state index in [0.29, 0.717) is 17.5 Å². The van der Waals surface area contributed by atoms with Gasteiger partial charge in [0.2, 0.25) is 0 Å². The smallest absolute Gasteiger partial charge is 0.270 e. The van der Waals surface area contributed by atoms with Crippen LogP contribution in [0.4, 0.5) is 5.69 Å². The molecule has 0 spiro atoms. The normalized spacial score (nSPS) is 10.4. The molecule has 0 aromatic heterocycles. The Kier molecular flexibility index (Phi) is 4.88. The second kappa shape index (κ2) is 6.85. The molecule has 1 N–H and O–H groups in total. The number of benzene rings is 2. The molecule has 0 unspecified atom stereocenters. The van der Waals surface area contributed by atoms with Crippen LogP contribution in [0, 0.1) is 10.1 Å². The number of unbranched alkanes of at least 4 members (excludes halogenated alkanes) is 1. The Balaban J connectivity index is 2.44. The first kappa shape index (κ1) is 15.7. The number of hydrogen-bond donors (Lipinski definition) is 1. The number of ketones is 1. The Morgan fingerprint density at radius 1 is 1.18 bits per heavy atom. The first-order chi connectivity index (χ1) is 10.5. The van der Waals surface area contributed by atoms with Gasteiger partial charge in [0.25, 0.3) is 5.69 Å². The average molecular weight is 299 g/mol. The molecule has 0 saturated carbocycles. The maximum Gasteiger partial charge on any atom is 0.270 e. The van der Waals surface area contributed by atoms with Crippen LogP contribution in [0.25, 0.3) is 0 Å². The number of carbonyl (C=O) groups excluding carboxylic acids is 1. The molecule has 0 amide bonds. The predicted octanol–water partition coefficient (Wildman–Crippen LogP) is 3.87. The van der Waals surface area contributed by atoms with Gasteiger partial charge in [0.15, 0.2) is 5.78 Å². The van der Waals surface area contributed by atoms with Crippen LogP contribution in [0.3, 0.4) is 0 Å². The topological polar surface area (TPSA) is 80.4 Å². The van der Waals surface area contributed by atoms with Crippen LogP contribution in [-0.4, -0.2) is 15.8 Å². The van der Waals surface area contributed by atoms with Crippen molar-refractivity contribution >= 4 is 11.5 Å². The van der Waals surface area contributed by atoms with Gasteiger partial charge in [-0.1, -0.05) is 19.4 Å². The molecule has 0 aliphatic rings. The van der Waals surface area contributed by atoms with Gasteiger partial charge in [-0.25, -0.2) is 0 Å². The van der Waals surface area contributed by atoms with E-state index < -0.39 is 4.92 Å². The second-order valence-corrected chi connectivity index (χ2v) is 5.08. The number of aromatic hydroxyl groups is 1. The van der Waals surface area contributed by atoms with Crippen molar-refractivity contribution in [2.24, 2.45) is 0 Å². The number of phenolic OH excluding ortho intramolecular Hbond substituents is 1. The summed E-state index contributed by atoms with van der Waals surface area (Å²) in [5.41, 5.74) is 1.47. The summed E-state index contributed by atoms with van der Waals surface area (Å²) < 4.78 is 0. The van der Waals surface area contributed by atoms with E-state index in [1.54, 1.807) is 6.07 Å². The Morgan fingerprint density at radius 2 is 1.86 bits per heavy atom. The number of carbonyl (C=O) groups is 1. The number of phenols is 1. The van der Waals surface area contributed by atoms with Crippen molar-refractivity contribution < 1.29 is 14.8 Å². The van der Waals surface area contributed by atoms with E-state index in [1.807, 2.05) is 6.92 Å². The number of nitrogens with zero attached hydrogens (tertiary/aromatic N) is 1. The lowest BCUT2D eigenvalue weighted by atomic mass is 9.95. The maximum atomic E-state index is 12.6. The zero-order valence-corrected chi connectivity index (χ0v) is 12.3. The summed E-state index contributed by atoms with van der Waals surface area (Å²) >= 11 is 0. The summed E-state index contributed by atoms with van der Waals surface area (Å²) in [5.74, 6) is -0.198. The largest absolute Gasteiger partial charge is 0.508 e. The fraction of sp³-hybridized carbons (Fsp3) is 0.235. The number of non-ortho nitro benzene ring substituents is 1. The van der Waals surface area contributed by atoms with E-state index >= 15 is 0 Å². The van der Waals surface area contributed by atoms with Crippen molar-refractivity contribution in [3.05, 3.63) is 69.3 Å². The molecule has 2 rings (SSSR count). The Morgan fingerprint density at radius 3 is 2.45 bits per heavy atom. The molecule has 0 aliphatic heterocycles. The van der Waals surface area contributed by atoms with E-state index in [2.05, 4.69) is 0 Å². The van der Waals surface area contributed by atoms with E-state index in [4.69, 9.17) is 0 Å². The summed E-state index contributed by atoms with van der Waals surface area (Å²) in [6.07, 6.45) is 2.59. The standard InChI is InChI=1S/C17H17NO4/c1-2-3-4-12-5-8-14(18(21)22)11-16(12)17(20)13-6-9-15(19)10-7-13/h5-11,19H,2-4H2,1H3. The molecule has 0 radical (unpaired) electrons. The summed E-state index contributed by atoms with van der Waals surface area (Å²) in [7, 11) is 0. The lowest BCUT2D eigenvalue weighted by Gasteiger charge is -2.09. The molecule has 114 valence electrons. The molecule has 5 heteroatoms. The highest BCUT2D eigenvalue weighted by Gasteiger charge is 2.17. The zero-order valence-electron chi connectivity index (χ0n) is 12.3. The molecule has 0 atom stereocenters. The highest BCUT2D eigenvalue weighted by Crippen LogP contribution is 2.23. The molecular formula is C17H17NO4. The van der Waals surface area contributed by atoms with Crippen molar-refractivity contribution in [3.63, 3.8) is 0 Å². The minimum atomic E-state index is -0.503. The first-order valence-electron chi connectivity index (χ1n) is 7.14. The van der Waals surface area contributed by atoms with Crippen molar-refractivity contribution in [1.82, 2.24) is 0 Å². The van der Waals surface area contributed by atoms with Gasteiger partial charge in [0.1, 0.15) is 5.75 Å². The Labute approximate surface area is 128 Å². The lowest BCUT2D eigenvalue weighted by molar-refractivity contribution is -0.384. The quantitative estimate of drug-likeness (QED) is 0.498. The number of nitro benzene ring substituents is 1. The lowest BCUT2D eigenvalue weighted by Crippen LogP contribution is -2.06. The zero-order chi connectivity index (χ0) is 16.1. The average Bonchev–Trinajstić information content (AvgIpc) is 2.52. The maximum absolute atomic E-state index is 12.6. The molecule has 2 aromatic rings. The summed E-state index contributed by atoms with van der Waals surface area (Å²) in [4.78, 5) is 23.1. The monoisotopic (exact) mass is 299 g/mol. The van der Waals surface area contributed by atoms with Crippen LogP contribution < -0.4 is 0 Å². The van der Waals surface area contributed by atoms with Crippen molar-refractivity contribution in [2.75, 3.05) is 0 Å². The van der Waals surface area contributed by atoms with Crippen LogP contribution in [-0.2, 0) is 6.42 Å². The van der Waals surface area contributed by atoms with E-state index in [1.165, 1.54) is 36.4 Å². The molecule has 0 fully saturated rings. The van der Waals surface area contributed by atoms with Crippen molar-refractivity contribution in [2.45, 2.75) is 26.2 Å². The molecular weight excluding hydrogens is 282 g/mol. The van der Waals surface area contributed by atoms with Gasteiger partial charge in [-0.05, 0) is 42.7 Å². The number of rotatable bonds is 6. The number of nitro groups is 1. The van der Waals surface area contributed by atoms with Crippen LogP contribution in [0.5, 0.6) is 5.75 Å². The van der Waals surface area contributed by atoms with Gasteiger partial charge in [-0.2, -0.15) is 0 Å². The second-order valence-electron chi connectivity index (χ2n) is 5.08. The van der Waals surface area contributed by atoms with E-state index in [0.717, 1.165) is 18.4 Å². The molecule has 5 nitrogen and oxygen atoms in total. The number of aryl methyl sites for hydroxylation is 1. The van der Waals surface area contributed by atoms with Gasteiger partial charge >= 0.3 is 0 Å². The molecule has 0 aliphatic carbocycles. The minimum absolute atomic E-state index is 0.0711. The summed E-state index contributed by atoms with van der Waals surface area (Å²) in [6.45, 7) is 2.05. The van der Waals surface area contributed by atoms with Crippen LogP contribution in [0.1, 0.15) is 41.3 Å². The van der Waals surface area contributed by atoms with E-state index in [9.17, 15) is 20.0 Å². The SMILES string of the molecule is CCCCc1ccc([N+](=O)[O-])cc1C(=O)c1ccc(O)cc1. The first-order valence-corrected chi connectivity index (χ1v) is 7.14. The van der Waals surface area contributed by atoms with Crippen molar-refractivity contribution in [3.8, 4) is 5.75 Å². The third kappa shape index (κ3) is 3.49. The highest BCUT2D eigenvalue weighted by molar-refractivity contribution is 6.10. The Bertz CT molecular complexity index is 692. The van der Waals surface area contributed by atoms with Gasteiger partial charge in [-0.3, -0.25) is 14.9 Å². The number of hydrogen-bond acceptors (Lipinski definition) is 4. The van der Waals surface area contributed by atoms with Crippen LogP contribution in [0.15, 0.2) is 42.5 Å². The summed E-state index contributed by atoms with van der Waals surface area (Å²) in [5, 5.41) is 20.2. The van der Waals surface area contributed by atoms with Crippen LogP contribution in [0.2, 0.25) is 0 Å². The Hall–Kier alpha value is -2.69. The third-order valence-corrected chi connectivity index (χ3v) is 3.48. The van der Waals surface area contributed by atoms with Gasteiger partial charge < -0.3 is 5.11 Å². The van der Waals surface area contributed by atoms with Crippen molar-refractivity contribution in [1.29, 1.82) is 0 Å². The fourth-order valence-corrected chi connectivity index (χ4v) is 2.24.